The molecule has 78 valence electrons. The van der Waals surface area contributed by atoms with Crippen molar-refractivity contribution in [2.24, 2.45) is 0 Å². The monoisotopic (exact) mass is 208 g/mol. The molecule has 2 fully saturated rings. The highest BCUT2D eigenvalue weighted by atomic mass is 28.3. The van der Waals surface area contributed by atoms with Gasteiger partial charge < -0.3 is 4.74 Å². The minimum atomic E-state index is -1.20. The molecule has 1 unspecified atom stereocenters. The quantitative estimate of drug-likeness (QED) is 0.339. The molecule has 2 rings (SSSR count). The fourth-order valence-electron chi connectivity index (χ4n) is 2.17. The number of hydrogen-bond donors (Lipinski definition) is 0. The Balaban J connectivity index is 1.94. The van der Waals surface area contributed by atoms with Crippen molar-refractivity contribution in [2.45, 2.75) is 63.5 Å². The smallest absolute Gasteiger partial charge is 0.147 e. The second kappa shape index (κ2) is 3.39. The van der Waals surface area contributed by atoms with Gasteiger partial charge in [0.2, 0.25) is 0 Å². The third kappa shape index (κ3) is 2.21. The van der Waals surface area contributed by atoms with Crippen molar-refractivity contribution >= 4 is 8.07 Å². The molecule has 0 aromatic rings. The van der Waals surface area contributed by atoms with E-state index in [0.29, 0.717) is 0 Å². The Labute approximate surface area is 88.2 Å². The van der Waals surface area contributed by atoms with Crippen LogP contribution in [0.25, 0.3) is 0 Å². The second-order valence-corrected chi connectivity index (χ2v) is 10.4. The van der Waals surface area contributed by atoms with Crippen LogP contribution < -0.4 is 0 Å². The summed E-state index contributed by atoms with van der Waals surface area (Å²) in [4.78, 5) is 0. The molecule has 1 spiro atoms. The van der Waals surface area contributed by atoms with Gasteiger partial charge in [-0.2, -0.15) is 0 Å². The Bertz CT molecular complexity index is 273. The maximum Gasteiger partial charge on any atom is 0.147 e. The Morgan fingerprint density at radius 1 is 1.14 bits per heavy atom. The summed E-state index contributed by atoms with van der Waals surface area (Å²) in [5.41, 5.74) is 3.63. The molecule has 1 nitrogen and oxygen atoms in total. The molecule has 1 aliphatic carbocycles. The molecule has 1 aliphatic heterocycles. The van der Waals surface area contributed by atoms with Crippen molar-refractivity contribution in [1.82, 2.24) is 0 Å². The van der Waals surface area contributed by atoms with Crippen LogP contribution in [-0.2, 0) is 4.74 Å². The zero-order chi connectivity index (χ0) is 10.2. The summed E-state index contributed by atoms with van der Waals surface area (Å²) in [6.07, 6.45) is 6.85. The fraction of sp³-hybridized carbons (Fsp3) is 0.833. The molecule has 1 saturated heterocycles. The largest absolute Gasteiger partial charge is 0.352 e. The highest BCUT2D eigenvalue weighted by Gasteiger charge is 2.55. The lowest BCUT2D eigenvalue weighted by Gasteiger charge is -2.16. The molecule has 1 atom stereocenters. The molecular weight excluding hydrogens is 188 g/mol. The first-order chi connectivity index (χ1) is 6.52. The van der Waals surface area contributed by atoms with E-state index in [1.165, 1.54) is 32.1 Å². The summed E-state index contributed by atoms with van der Waals surface area (Å²) in [6.45, 7) is 6.86. The number of rotatable bonds is 0. The van der Waals surface area contributed by atoms with Gasteiger partial charge in [-0.3, -0.25) is 0 Å². The molecule has 0 N–H and O–H groups in total. The normalized spacial score (nSPS) is 29.5. The van der Waals surface area contributed by atoms with Crippen LogP contribution >= 0.6 is 0 Å². The minimum absolute atomic E-state index is 0.213. The minimum Gasteiger partial charge on any atom is -0.352 e. The van der Waals surface area contributed by atoms with Crippen molar-refractivity contribution in [2.75, 3.05) is 0 Å². The maximum absolute atomic E-state index is 5.79. The van der Waals surface area contributed by atoms with Gasteiger partial charge in [-0.25, -0.2) is 0 Å². The van der Waals surface area contributed by atoms with Crippen molar-refractivity contribution < 1.29 is 4.74 Å². The summed E-state index contributed by atoms with van der Waals surface area (Å²) in [7, 11) is -1.20. The molecular formula is C12H20OSi. The van der Waals surface area contributed by atoms with E-state index in [1.54, 1.807) is 0 Å². The first-order valence-corrected chi connectivity index (χ1v) is 9.22. The predicted molar refractivity (Wildman–Crippen MR) is 61.8 cm³/mol. The SMILES string of the molecule is C[Si](C)(C)C#CC1OC12CCCCC2. The van der Waals surface area contributed by atoms with Gasteiger partial charge in [-0.1, -0.05) is 44.8 Å². The summed E-state index contributed by atoms with van der Waals surface area (Å²) < 4.78 is 5.79. The van der Waals surface area contributed by atoms with Gasteiger partial charge in [0.05, 0.1) is 0 Å². The molecule has 2 heteroatoms. The number of epoxide rings is 1. The Kier molecular flexibility index (Phi) is 2.49. The highest BCUT2D eigenvalue weighted by molar-refractivity contribution is 6.83. The van der Waals surface area contributed by atoms with Gasteiger partial charge in [0, 0.05) is 0 Å². The topological polar surface area (TPSA) is 12.5 Å². The first-order valence-electron chi connectivity index (χ1n) is 5.72. The van der Waals surface area contributed by atoms with Gasteiger partial charge in [0.25, 0.3) is 0 Å². The van der Waals surface area contributed by atoms with E-state index >= 15 is 0 Å². The Hall–Kier alpha value is -0.263. The summed E-state index contributed by atoms with van der Waals surface area (Å²) >= 11 is 0. The molecule has 0 aromatic heterocycles. The van der Waals surface area contributed by atoms with Gasteiger partial charge in [0.1, 0.15) is 19.8 Å². The van der Waals surface area contributed by atoms with Crippen LogP contribution in [0.2, 0.25) is 19.6 Å². The molecule has 1 heterocycles. The Morgan fingerprint density at radius 3 is 2.36 bits per heavy atom. The van der Waals surface area contributed by atoms with Crippen LogP contribution in [-0.4, -0.2) is 19.8 Å². The molecule has 0 aromatic carbocycles. The van der Waals surface area contributed by atoms with Crippen LogP contribution in [0.3, 0.4) is 0 Å². The van der Waals surface area contributed by atoms with E-state index in [-0.39, 0.29) is 11.7 Å². The number of ether oxygens (including phenoxy) is 1. The average Bonchev–Trinajstić information content (AvgIpc) is 2.76. The number of hydrogen-bond acceptors (Lipinski definition) is 1. The predicted octanol–water partition coefficient (Wildman–Crippen LogP) is 2.97. The van der Waals surface area contributed by atoms with Gasteiger partial charge in [-0.15, -0.1) is 5.54 Å². The lowest BCUT2D eigenvalue weighted by molar-refractivity contribution is 0.235. The first kappa shape index (κ1) is 10.3. The molecule has 0 radical (unpaired) electrons. The van der Waals surface area contributed by atoms with E-state index in [0.717, 1.165) is 0 Å². The zero-order valence-corrected chi connectivity index (χ0v) is 10.5. The van der Waals surface area contributed by atoms with Crippen LogP contribution in [0.4, 0.5) is 0 Å². The zero-order valence-electron chi connectivity index (χ0n) is 9.52. The Morgan fingerprint density at radius 2 is 1.79 bits per heavy atom. The summed E-state index contributed by atoms with van der Waals surface area (Å²) in [5, 5.41) is 0. The van der Waals surface area contributed by atoms with Crippen LogP contribution in [0.5, 0.6) is 0 Å². The molecule has 1 saturated carbocycles. The second-order valence-electron chi connectivity index (χ2n) is 5.64. The highest BCUT2D eigenvalue weighted by Crippen LogP contribution is 2.47. The van der Waals surface area contributed by atoms with Gasteiger partial charge in [0.15, 0.2) is 0 Å². The average molecular weight is 208 g/mol. The standard InChI is InChI=1S/C12H20OSi/c1-14(2,3)10-7-11-12(13-11)8-5-4-6-9-12/h11H,4-6,8-9H2,1-3H3. The summed E-state index contributed by atoms with van der Waals surface area (Å²) in [5.74, 6) is 3.35. The fourth-order valence-corrected chi connectivity index (χ4v) is 2.74. The van der Waals surface area contributed by atoms with Crippen molar-refractivity contribution in [1.29, 1.82) is 0 Å². The van der Waals surface area contributed by atoms with E-state index in [2.05, 4.69) is 31.1 Å². The van der Waals surface area contributed by atoms with E-state index in [4.69, 9.17) is 4.74 Å². The van der Waals surface area contributed by atoms with Gasteiger partial charge in [-0.05, 0) is 12.8 Å². The van der Waals surface area contributed by atoms with Crippen molar-refractivity contribution in [3.05, 3.63) is 0 Å². The third-order valence-corrected chi connectivity index (χ3v) is 3.95. The van der Waals surface area contributed by atoms with Crippen molar-refractivity contribution in [3.8, 4) is 11.5 Å². The summed E-state index contributed by atoms with van der Waals surface area (Å²) in [6, 6.07) is 0. The van der Waals surface area contributed by atoms with Gasteiger partial charge >= 0.3 is 0 Å². The van der Waals surface area contributed by atoms with Crippen LogP contribution in [0.1, 0.15) is 32.1 Å². The molecule has 2 aliphatic rings. The van der Waals surface area contributed by atoms with E-state index in [9.17, 15) is 0 Å². The van der Waals surface area contributed by atoms with Crippen LogP contribution in [0, 0.1) is 11.5 Å². The van der Waals surface area contributed by atoms with E-state index < -0.39 is 8.07 Å². The lowest BCUT2D eigenvalue weighted by Crippen LogP contribution is -2.20. The molecule has 0 bridgehead atoms. The maximum atomic E-state index is 5.79. The third-order valence-electron chi connectivity index (χ3n) is 3.05. The van der Waals surface area contributed by atoms with Crippen LogP contribution in [0.15, 0.2) is 0 Å². The molecule has 0 amide bonds. The van der Waals surface area contributed by atoms with Crippen molar-refractivity contribution in [3.63, 3.8) is 0 Å². The lowest BCUT2D eigenvalue weighted by atomic mass is 9.87. The molecule has 14 heavy (non-hydrogen) atoms. The van der Waals surface area contributed by atoms with E-state index in [1.807, 2.05) is 0 Å².